The number of carbonyl (C=O) groups excluding carboxylic acids is 2. The zero-order chi connectivity index (χ0) is 19.1. The average molecular weight is 369 g/mol. The first kappa shape index (κ1) is 18.2. The van der Waals surface area contributed by atoms with Crippen molar-refractivity contribution in [2.24, 2.45) is 0 Å². The maximum atomic E-state index is 12.8. The Morgan fingerprint density at radius 2 is 1.69 bits per heavy atom. The number of amides is 1. The highest BCUT2D eigenvalue weighted by molar-refractivity contribution is 6.31. The van der Waals surface area contributed by atoms with Crippen molar-refractivity contribution in [2.75, 3.05) is 5.32 Å². The Labute approximate surface area is 157 Å². The summed E-state index contributed by atoms with van der Waals surface area (Å²) in [6.45, 7) is 7.88. The van der Waals surface area contributed by atoms with Gasteiger partial charge in [-0.1, -0.05) is 50.6 Å². The molecule has 0 saturated heterocycles. The number of rotatable bonds is 2. The first-order valence-corrected chi connectivity index (χ1v) is 8.78. The summed E-state index contributed by atoms with van der Waals surface area (Å²) in [5, 5.41) is 4.10. The van der Waals surface area contributed by atoms with Gasteiger partial charge in [0.1, 0.15) is 0 Å². The van der Waals surface area contributed by atoms with Crippen molar-refractivity contribution < 1.29 is 9.59 Å². The Balaban J connectivity index is 1.94. The number of hydrogen-bond acceptors (Lipinski definition) is 2. The molecular formula is C21H21ClN2O2. The molecule has 0 unspecified atom stereocenters. The molecule has 0 aliphatic heterocycles. The number of anilines is 1. The molecule has 1 heterocycles. The number of nitrogens with one attached hydrogen (secondary N) is 1. The first-order valence-electron chi connectivity index (χ1n) is 8.40. The predicted octanol–water partition coefficient (Wildman–Crippen LogP) is 5.50. The average Bonchev–Trinajstić information content (AvgIpc) is 2.93. The molecule has 0 aliphatic rings. The number of fused-ring (bicyclic) bond motifs is 1. The van der Waals surface area contributed by atoms with E-state index in [4.69, 9.17) is 11.6 Å². The summed E-state index contributed by atoms with van der Waals surface area (Å²) in [6.07, 6.45) is 1.56. The van der Waals surface area contributed by atoms with Gasteiger partial charge in [0.25, 0.3) is 5.91 Å². The lowest BCUT2D eigenvalue weighted by Crippen LogP contribution is -2.13. The van der Waals surface area contributed by atoms with E-state index >= 15 is 0 Å². The number of aromatic nitrogens is 1. The van der Waals surface area contributed by atoms with Crippen LogP contribution in [0.3, 0.4) is 0 Å². The van der Waals surface area contributed by atoms with Crippen LogP contribution in [-0.2, 0) is 5.41 Å². The second-order valence-corrected chi connectivity index (χ2v) is 7.81. The van der Waals surface area contributed by atoms with E-state index in [1.165, 1.54) is 17.1 Å². The highest BCUT2D eigenvalue weighted by atomic mass is 35.5. The van der Waals surface area contributed by atoms with Crippen LogP contribution in [0.15, 0.2) is 48.7 Å². The summed E-state index contributed by atoms with van der Waals surface area (Å²) < 4.78 is 1.44. The Bertz CT molecular complexity index is 995. The lowest BCUT2D eigenvalue weighted by Gasteiger charge is -2.19. The maximum absolute atomic E-state index is 12.8. The van der Waals surface area contributed by atoms with Gasteiger partial charge in [-0.2, -0.15) is 0 Å². The van der Waals surface area contributed by atoms with Gasteiger partial charge in [0.15, 0.2) is 0 Å². The van der Waals surface area contributed by atoms with Crippen LogP contribution < -0.4 is 5.32 Å². The number of carbonyl (C=O) groups is 2. The van der Waals surface area contributed by atoms with Crippen LogP contribution in [-0.4, -0.2) is 16.4 Å². The third kappa shape index (κ3) is 3.51. The van der Waals surface area contributed by atoms with Crippen molar-refractivity contribution in [1.29, 1.82) is 0 Å². The molecule has 3 rings (SSSR count). The van der Waals surface area contributed by atoms with E-state index in [2.05, 4.69) is 26.1 Å². The number of halogens is 1. The van der Waals surface area contributed by atoms with Crippen LogP contribution in [0.5, 0.6) is 0 Å². The van der Waals surface area contributed by atoms with E-state index < -0.39 is 0 Å². The van der Waals surface area contributed by atoms with Gasteiger partial charge < -0.3 is 5.32 Å². The first-order chi connectivity index (χ1) is 12.2. The van der Waals surface area contributed by atoms with Crippen molar-refractivity contribution in [3.8, 4) is 0 Å². The fourth-order valence-electron chi connectivity index (χ4n) is 2.89. The molecule has 4 nitrogen and oxygen atoms in total. The van der Waals surface area contributed by atoms with Crippen LogP contribution >= 0.6 is 11.6 Å². The van der Waals surface area contributed by atoms with E-state index in [0.29, 0.717) is 27.2 Å². The van der Waals surface area contributed by atoms with Crippen LogP contribution in [0.1, 0.15) is 48.4 Å². The van der Waals surface area contributed by atoms with Crippen LogP contribution in [0.4, 0.5) is 5.69 Å². The Hall–Kier alpha value is -2.59. The second kappa shape index (κ2) is 6.61. The summed E-state index contributed by atoms with van der Waals surface area (Å²) in [5.74, 6) is -0.438. The Morgan fingerprint density at radius 1 is 1.04 bits per heavy atom. The zero-order valence-electron chi connectivity index (χ0n) is 15.3. The molecule has 0 bridgehead atoms. The number of benzene rings is 2. The van der Waals surface area contributed by atoms with E-state index in [1.54, 1.807) is 24.4 Å². The van der Waals surface area contributed by atoms with Gasteiger partial charge in [-0.05, 0) is 35.2 Å². The third-order valence-electron chi connectivity index (χ3n) is 4.36. The van der Waals surface area contributed by atoms with Gasteiger partial charge in [-0.15, -0.1) is 0 Å². The normalized spacial score (nSPS) is 11.6. The summed E-state index contributed by atoms with van der Waals surface area (Å²) in [4.78, 5) is 24.6. The monoisotopic (exact) mass is 368 g/mol. The minimum Gasteiger partial charge on any atom is -0.322 e. The number of hydrogen-bond donors (Lipinski definition) is 1. The Morgan fingerprint density at radius 3 is 2.27 bits per heavy atom. The largest absolute Gasteiger partial charge is 0.322 e. The van der Waals surface area contributed by atoms with E-state index in [-0.39, 0.29) is 17.2 Å². The molecule has 1 aromatic heterocycles. The molecule has 0 radical (unpaired) electrons. The van der Waals surface area contributed by atoms with Crippen molar-refractivity contribution in [2.45, 2.75) is 33.1 Å². The van der Waals surface area contributed by atoms with Crippen LogP contribution in [0.25, 0.3) is 10.9 Å². The highest BCUT2D eigenvalue weighted by Gasteiger charge is 2.18. The van der Waals surface area contributed by atoms with Gasteiger partial charge in [0, 0.05) is 29.2 Å². The molecule has 0 aliphatic carbocycles. The van der Waals surface area contributed by atoms with Crippen LogP contribution in [0.2, 0.25) is 5.02 Å². The molecule has 0 spiro atoms. The highest BCUT2D eigenvalue weighted by Crippen LogP contribution is 2.27. The van der Waals surface area contributed by atoms with Crippen molar-refractivity contribution in [3.63, 3.8) is 0 Å². The lowest BCUT2D eigenvalue weighted by molar-refractivity contribution is 0.0941. The second-order valence-electron chi connectivity index (χ2n) is 7.37. The van der Waals surface area contributed by atoms with Gasteiger partial charge in [0.05, 0.1) is 11.1 Å². The molecule has 1 N–H and O–H groups in total. The Kier molecular flexibility index (Phi) is 4.63. The summed E-state index contributed by atoms with van der Waals surface area (Å²) >= 11 is 6.04. The maximum Gasteiger partial charge on any atom is 0.257 e. The molecule has 1 amide bonds. The number of nitrogens with zero attached hydrogens (tertiary/aromatic N) is 1. The molecule has 3 aromatic rings. The molecule has 2 aromatic carbocycles. The quantitative estimate of drug-likeness (QED) is 0.648. The topological polar surface area (TPSA) is 51.1 Å². The minimum absolute atomic E-state index is 0.0523. The fraction of sp³-hybridized carbons (Fsp3) is 0.238. The molecule has 0 atom stereocenters. The fourth-order valence-corrected chi connectivity index (χ4v) is 3.06. The molecule has 0 fully saturated rings. The summed E-state index contributed by atoms with van der Waals surface area (Å²) in [5.41, 5.74) is 3.01. The van der Waals surface area contributed by atoms with Gasteiger partial charge >= 0.3 is 0 Å². The minimum atomic E-state index is -0.263. The molecular weight excluding hydrogens is 348 g/mol. The molecule has 0 saturated carbocycles. The van der Waals surface area contributed by atoms with Gasteiger partial charge in [-0.3, -0.25) is 14.2 Å². The van der Waals surface area contributed by atoms with Crippen LogP contribution in [0, 0.1) is 0 Å². The summed E-state index contributed by atoms with van der Waals surface area (Å²) in [6, 6.07) is 13.0. The van der Waals surface area contributed by atoms with Gasteiger partial charge in [0.2, 0.25) is 5.91 Å². The van der Waals surface area contributed by atoms with E-state index in [0.717, 1.165) is 0 Å². The molecule has 26 heavy (non-hydrogen) atoms. The third-order valence-corrected chi connectivity index (χ3v) is 4.60. The van der Waals surface area contributed by atoms with Crippen molar-refractivity contribution >= 4 is 40.0 Å². The smallest absolute Gasteiger partial charge is 0.257 e. The van der Waals surface area contributed by atoms with Crippen molar-refractivity contribution in [1.82, 2.24) is 4.57 Å². The van der Waals surface area contributed by atoms with E-state index in [1.807, 2.05) is 24.3 Å². The molecule has 134 valence electrons. The lowest BCUT2D eigenvalue weighted by atomic mass is 9.87. The summed E-state index contributed by atoms with van der Waals surface area (Å²) in [7, 11) is 0. The van der Waals surface area contributed by atoms with E-state index in [9.17, 15) is 9.59 Å². The SMILES string of the molecule is CC(=O)n1cc(C(=O)Nc2ccc(C(C)(C)C)cc2)c2ccc(Cl)cc21. The standard InChI is InChI=1S/C21H21ClN2O2/c1-13(25)24-12-18(17-10-7-15(22)11-19(17)24)20(26)23-16-8-5-14(6-9-16)21(2,3)4/h5-12H,1-4H3,(H,23,26). The van der Waals surface area contributed by atoms with Gasteiger partial charge in [-0.25, -0.2) is 0 Å². The zero-order valence-corrected chi connectivity index (χ0v) is 16.0. The predicted molar refractivity (Wildman–Crippen MR) is 106 cm³/mol. The molecule has 5 heteroatoms. The van der Waals surface area contributed by atoms with Crippen molar-refractivity contribution in [3.05, 3.63) is 64.8 Å².